The molecule has 6 heteroatoms. The highest BCUT2D eigenvalue weighted by molar-refractivity contribution is 5.65. The van der Waals surface area contributed by atoms with E-state index in [1.54, 1.807) is 0 Å². The van der Waals surface area contributed by atoms with Gasteiger partial charge >= 0.3 is 12.1 Å². The van der Waals surface area contributed by atoms with Crippen molar-refractivity contribution < 1.29 is 27.4 Å². The van der Waals surface area contributed by atoms with E-state index < -0.39 is 18.8 Å². The summed E-state index contributed by atoms with van der Waals surface area (Å²) in [4.78, 5) is 10.2. The second-order valence-corrected chi connectivity index (χ2v) is 2.36. The van der Waals surface area contributed by atoms with Gasteiger partial charge in [0.2, 0.25) is 0 Å². The number of hydrogen-bond acceptors (Lipinski definition) is 3. The molecule has 0 aromatic rings. The molecular formula is C7H11F3O3. The third-order valence-corrected chi connectivity index (χ3v) is 1.00. The van der Waals surface area contributed by atoms with Crippen LogP contribution in [-0.4, -0.2) is 32.0 Å². The van der Waals surface area contributed by atoms with Gasteiger partial charge in [-0.25, -0.2) is 0 Å². The highest BCUT2D eigenvalue weighted by Gasteiger charge is 2.27. The smallest absolute Gasteiger partial charge is 0.411 e. The molecule has 0 rings (SSSR count). The first-order valence-corrected chi connectivity index (χ1v) is 3.69. The van der Waals surface area contributed by atoms with Crippen LogP contribution in [0.25, 0.3) is 0 Å². The first-order chi connectivity index (χ1) is 5.92. The molecule has 0 aromatic carbocycles. The van der Waals surface area contributed by atoms with Gasteiger partial charge in [0.1, 0.15) is 6.61 Å². The highest BCUT2D eigenvalue weighted by atomic mass is 19.4. The summed E-state index contributed by atoms with van der Waals surface area (Å²) >= 11 is 0. The highest BCUT2D eigenvalue weighted by Crippen LogP contribution is 2.14. The van der Waals surface area contributed by atoms with E-state index in [4.69, 9.17) is 0 Å². The molecule has 0 aliphatic heterocycles. The number of halogens is 3. The van der Waals surface area contributed by atoms with Gasteiger partial charge < -0.3 is 9.47 Å². The standard InChI is InChI=1S/C7H11F3O3/c1-6(11)13-4-2-3-12-5-7(8,9)10/h2-5H2,1H3. The molecule has 13 heavy (non-hydrogen) atoms. The van der Waals surface area contributed by atoms with Gasteiger partial charge in [-0.1, -0.05) is 0 Å². The number of alkyl halides is 3. The van der Waals surface area contributed by atoms with E-state index in [1.807, 2.05) is 0 Å². The third-order valence-electron chi connectivity index (χ3n) is 1.00. The van der Waals surface area contributed by atoms with Crippen LogP contribution in [0.2, 0.25) is 0 Å². The minimum Gasteiger partial charge on any atom is -0.466 e. The molecule has 0 heterocycles. The first kappa shape index (κ1) is 12.2. The van der Waals surface area contributed by atoms with Gasteiger partial charge in [-0.2, -0.15) is 13.2 Å². The maximum atomic E-state index is 11.5. The van der Waals surface area contributed by atoms with E-state index >= 15 is 0 Å². The number of rotatable bonds is 5. The van der Waals surface area contributed by atoms with Gasteiger partial charge in [0.05, 0.1) is 13.2 Å². The Labute approximate surface area is 73.8 Å². The Kier molecular flexibility index (Phi) is 5.45. The normalized spacial score (nSPS) is 11.4. The summed E-state index contributed by atoms with van der Waals surface area (Å²) in [5.41, 5.74) is 0. The molecular weight excluding hydrogens is 189 g/mol. The molecule has 0 atom stereocenters. The van der Waals surface area contributed by atoms with E-state index in [0.29, 0.717) is 0 Å². The van der Waals surface area contributed by atoms with Crippen LogP contribution in [0.5, 0.6) is 0 Å². The van der Waals surface area contributed by atoms with Crippen molar-refractivity contribution in [3.8, 4) is 0 Å². The van der Waals surface area contributed by atoms with Gasteiger partial charge in [0.25, 0.3) is 0 Å². The van der Waals surface area contributed by atoms with Gasteiger partial charge in [-0.05, 0) is 0 Å². The van der Waals surface area contributed by atoms with Crippen molar-refractivity contribution in [1.82, 2.24) is 0 Å². The Balaban J connectivity index is 3.13. The fourth-order valence-electron chi connectivity index (χ4n) is 0.565. The fourth-order valence-corrected chi connectivity index (χ4v) is 0.565. The lowest BCUT2D eigenvalue weighted by Gasteiger charge is -2.07. The average Bonchev–Trinajstić information content (AvgIpc) is 1.93. The molecule has 0 aliphatic rings. The fraction of sp³-hybridized carbons (Fsp3) is 0.857. The Hall–Kier alpha value is -0.780. The second kappa shape index (κ2) is 5.80. The van der Waals surface area contributed by atoms with Gasteiger partial charge in [0, 0.05) is 13.3 Å². The quantitative estimate of drug-likeness (QED) is 0.498. The van der Waals surface area contributed by atoms with Crippen LogP contribution in [-0.2, 0) is 14.3 Å². The first-order valence-electron chi connectivity index (χ1n) is 3.69. The lowest BCUT2D eigenvalue weighted by molar-refractivity contribution is -0.175. The van der Waals surface area contributed by atoms with Crippen molar-refractivity contribution in [1.29, 1.82) is 0 Å². The molecule has 0 saturated carbocycles. The van der Waals surface area contributed by atoms with E-state index in [1.165, 1.54) is 6.92 Å². The lowest BCUT2D eigenvalue weighted by Crippen LogP contribution is -2.18. The Bertz CT molecular complexity index is 156. The van der Waals surface area contributed by atoms with Crippen LogP contribution in [0, 0.1) is 0 Å². The minimum atomic E-state index is -4.29. The van der Waals surface area contributed by atoms with E-state index in [-0.39, 0.29) is 19.6 Å². The van der Waals surface area contributed by atoms with Gasteiger partial charge in [0.15, 0.2) is 0 Å². The van der Waals surface area contributed by atoms with Crippen molar-refractivity contribution in [2.75, 3.05) is 19.8 Å². The van der Waals surface area contributed by atoms with Crippen molar-refractivity contribution >= 4 is 5.97 Å². The van der Waals surface area contributed by atoms with Gasteiger partial charge in [-0.15, -0.1) is 0 Å². The number of carbonyl (C=O) groups excluding carboxylic acids is 1. The maximum Gasteiger partial charge on any atom is 0.411 e. The van der Waals surface area contributed by atoms with Gasteiger partial charge in [-0.3, -0.25) is 4.79 Å². The second-order valence-electron chi connectivity index (χ2n) is 2.36. The number of esters is 1. The molecule has 0 saturated heterocycles. The molecule has 0 spiro atoms. The lowest BCUT2D eigenvalue weighted by atomic mass is 10.5. The van der Waals surface area contributed by atoms with Crippen molar-refractivity contribution in [2.24, 2.45) is 0 Å². The summed E-state index contributed by atoms with van der Waals surface area (Å²) in [5.74, 6) is -0.448. The summed E-state index contributed by atoms with van der Waals surface area (Å²) in [7, 11) is 0. The van der Waals surface area contributed by atoms with Crippen LogP contribution < -0.4 is 0 Å². The Morgan fingerprint density at radius 2 is 1.92 bits per heavy atom. The largest absolute Gasteiger partial charge is 0.466 e. The molecule has 0 unspecified atom stereocenters. The molecule has 0 amide bonds. The zero-order chi connectivity index (χ0) is 10.3. The molecule has 0 N–H and O–H groups in total. The molecule has 0 aromatic heterocycles. The molecule has 0 bridgehead atoms. The number of ether oxygens (including phenoxy) is 2. The molecule has 0 aliphatic carbocycles. The summed E-state index contributed by atoms with van der Waals surface area (Å²) in [5, 5.41) is 0. The van der Waals surface area contributed by atoms with Crippen molar-refractivity contribution in [3.63, 3.8) is 0 Å². The van der Waals surface area contributed by atoms with Crippen molar-refractivity contribution in [2.45, 2.75) is 19.5 Å². The van der Waals surface area contributed by atoms with E-state index in [0.717, 1.165) is 0 Å². The predicted molar refractivity (Wildman–Crippen MR) is 38.1 cm³/mol. The van der Waals surface area contributed by atoms with E-state index in [9.17, 15) is 18.0 Å². The molecule has 78 valence electrons. The molecule has 0 radical (unpaired) electrons. The topological polar surface area (TPSA) is 35.5 Å². The Morgan fingerprint density at radius 1 is 1.31 bits per heavy atom. The van der Waals surface area contributed by atoms with Crippen molar-refractivity contribution in [3.05, 3.63) is 0 Å². The number of hydrogen-bond donors (Lipinski definition) is 0. The van der Waals surface area contributed by atoms with Crippen LogP contribution in [0.3, 0.4) is 0 Å². The van der Waals surface area contributed by atoms with Crippen LogP contribution in [0.15, 0.2) is 0 Å². The Morgan fingerprint density at radius 3 is 2.38 bits per heavy atom. The summed E-state index contributed by atoms with van der Waals surface area (Å²) in [6.45, 7) is 0.00359. The summed E-state index contributed by atoms with van der Waals surface area (Å²) in [6, 6.07) is 0. The zero-order valence-electron chi connectivity index (χ0n) is 7.19. The minimum absolute atomic E-state index is 0.0627. The average molecular weight is 200 g/mol. The summed E-state index contributed by atoms with van der Waals surface area (Å²) < 4.78 is 43.2. The number of carbonyl (C=O) groups is 1. The zero-order valence-corrected chi connectivity index (χ0v) is 7.19. The maximum absolute atomic E-state index is 11.5. The predicted octanol–water partition coefficient (Wildman–Crippen LogP) is 1.52. The van der Waals surface area contributed by atoms with Crippen LogP contribution >= 0.6 is 0 Å². The van der Waals surface area contributed by atoms with E-state index in [2.05, 4.69) is 9.47 Å². The monoisotopic (exact) mass is 200 g/mol. The van der Waals surface area contributed by atoms with Crippen LogP contribution in [0.4, 0.5) is 13.2 Å². The SMILES string of the molecule is CC(=O)OCCCOCC(F)(F)F. The third kappa shape index (κ3) is 11.2. The molecule has 3 nitrogen and oxygen atoms in total. The molecule has 0 fully saturated rings. The van der Waals surface area contributed by atoms with Crippen LogP contribution in [0.1, 0.15) is 13.3 Å². The summed E-state index contributed by atoms with van der Waals surface area (Å²) in [6.07, 6.45) is -4.02.